The number of sulfonamides is 1. The minimum atomic E-state index is -3.41. The highest BCUT2D eigenvalue weighted by Crippen LogP contribution is 2.21. The number of carbonyl (C=O) groups is 1. The predicted octanol–water partition coefficient (Wildman–Crippen LogP) is 1.11. The number of aliphatic hydroxyl groups is 1. The molecule has 0 aromatic heterocycles. The fraction of sp³-hybridized carbons (Fsp3) is 0.632. The van der Waals surface area contributed by atoms with E-state index in [0.717, 1.165) is 5.56 Å². The van der Waals surface area contributed by atoms with Crippen LogP contribution in [-0.4, -0.2) is 57.0 Å². The predicted molar refractivity (Wildman–Crippen MR) is 107 cm³/mol. The van der Waals surface area contributed by atoms with Crippen LogP contribution in [0.1, 0.15) is 38.7 Å². The lowest BCUT2D eigenvalue weighted by molar-refractivity contribution is -0.0886. The zero-order chi connectivity index (χ0) is 20.6. The number of carbonyl (C=O) groups excluding carboxylic acids is 1. The second-order valence-corrected chi connectivity index (χ2v) is 9.17. The van der Waals surface area contributed by atoms with Gasteiger partial charge >= 0.3 is 6.03 Å². The molecular formula is C19H31N3O5S. The molecule has 0 aliphatic carbocycles. The van der Waals surface area contributed by atoms with Crippen LogP contribution >= 0.6 is 0 Å². The van der Waals surface area contributed by atoms with Crippen molar-refractivity contribution in [3.63, 3.8) is 0 Å². The zero-order valence-electron chi connectivity index (χ0n) is 16.4. The Hall–Kier alpha value is -1.68. The van der Waals surface area contributed by atoms with Crippen LogP contribution < -0.4 is 15.4 Å². The first-order chi connectivity index (χ1) is 13.3. The van der Waals surface area contributed by atoms with Gasteiger partial charge in [-0.25, -0.2) is 17.9 Å². The number of hydrogen-bond donors (Lipinski definition) is 4. The third kappa shape index (κ3) is 7.75. The van der Waals surface area contributed by atoms with Crippen LogP contribution in [0.3, 0.4) is 0 Å². The van der Waals surface area contributed by atoms with Crippen molar-refractivity contribution in [2.45, 2.75) is 63.2 Å². The van der Waals surface area contributed by atoms with Crippen LogP contribution in [0, 0.1) is 0 Å². The molecule has 0 radical (unpaired) electrons. The van der Waals surface area contributed by atoms with Crippen LogP contribution in [0.25, 0.3) is 0 Å². The molecule has 1 saturated heterocycles. The fourth-order valence-corrected chi connectivity index (χ4v) is 4.36. The van der Waals surface area contributed by atoms with Gasteiger partial charge in [-0.3, -0.25) is 0 Å². The number of benzene rings is 1. The number of aliphatic hydroxyl groups excluding tert-OH is 1. The van der Waals surface area contributed by atoms with Crippen molar-refractivity contribution in [3.8, 4) is 0 Å². The van der Waals surface area contributed by atoms with Crippen molar-refractivity contribution < 1.29 is 23.1 Å². The summed E-state index contributed by atoms with van der Waals surface area (Å²) >= 11 is 0. The van der Waals surface area contributed by atoms with E-state index in [1.54, 1.807) is 12.1 Å². The molecule has 1 fully saturated rings. The summed E-state index contributed by atoms with van der Waals surface area (Å²) in [5.41, 5.74) is 0.734. The van der Waals surface area contributed by atoms with Gasteiger partial charge in [-0.15, -0.1) is 0 Å². The molecule has 28 heavy (non-hydrogen) atoms. The molecule has 1 heterocycles. The average Bonchev–Trinajstić information content (AvgIpc) is 2.62. The molecule has 3 atom stereocenters. The molecule has 1 aliphatic rings. The van der Waals surface area contributed by atoms with Gasteiger partial charge in [0.2, 0.25) is 10.0 Å². The molecule has 0 saturated carbocycles. The third-order valence-corrected chi connectivity index (χ3v) is 5.88. The first kappa shape index (κ1) is 22.6. The normalized spacial score (nSPS) is 22.8. The maximum Gasteiger partial charge on any atom is 0.315 e. The van der Waals surface area contributed by atoms with Crippen molar-refractivity contribution in [3.05, 3.63) is 35.9 Å². The molecule has 8 nitrogen and oxygen atoms in total. The summed E-state index contributed by atoms with van der Waals surface area (Å²) in [7, 11) is -3.41. The quantitative estimate of drug-likeness (QED) is 0.484. The average molecular weight is 414 g/mol. The van der Waals surface area contributed by atoms with Crippen molar-refractivity contribution in [1.29, 1.82) is 0 Å². The monoisotopic (exact) mass is 413 g/mol. The molecule has 1 aliphatic heterocycles. The van der Waals surface area contributed by atoms with Crippen molar-refractivity contribution >= 4 is 16.1 Å². The van der Waals surface area contributed by atoms with Crippen LogP contribution in [0.15, 0.2) is 30.3 Å². The summed E-state index contributed by atoms with van der Waals surface area (Å²) in [5, 5.41) is 15.2. The third-order valence-electron chi connectivity index (χ3n) is 4.52. The van der Waals surface area contributed by atoms with Gasteiger partial charge in [-0.05, 0) is 38.7 Å². The van der Waals surface area contributed by atoms with Gasteiger partial charge in [0.05, 0.1) is 24.5 Å². The Bertz CT molecular complexity index is 712. The van der Waals surface area contributed by atoms with Crippen LogP contribution in [-0.2, 0) is 20.5 Å². The Labute approximate surface area is 167 Å². The SMILES string of the molecule is CC(C)NC(=O)N[C@H]1CC[C@@H](CCNS(=O)(=O)Cc2ccccc2)O[C@H]1CO. The maximum absolute atomic E-state index is 12.2. The standard InChI is InChI=1S/C19H31N3O5S/c1-14(2)21-19(24)22-17-9-8-16(27-18(17)12-23)10-11-20-28(25,26)13-15-6-4-3-5-7-15/h3-7,14,16-18,20,23H,8-13H2,1-2H3,(H2,21,22,24)/t16-,17-,18-/m0/s1. The van der Waals surface area contributed by atoms with Crippen molar-refractivity contribution in [2.75, 3.05) is 13.2 Å². The van der Waals surface area contributed by atoms with Gasteiger partial charge in [-0.1, -0.05) is 30.3 Å². The van der Waals surface area contributed by atoms with Crippen molar-refractivity contribution in [1.82, 2.24) is 15.4 Å². The first-order valence-electron chi connectivity index (χ1n) is 9.63. The second-order valence-electron chi connectivity index (χ2n) is 7.36. The van der Waals surface area contributed by atoms with E-state index in [0.29, 0.717) is 19.3 Å². The largest absolute Gasteiger partial charge is 0.394 e. The smallest absolute Gasteiger partial charge is 0.315 e. The number of ether oxygens (including phenoxy) is 1. The van der Waals surface area contributed by atoms with Gasteiger partial charge < -0.3 is 20.5 Å². The van der Waals surface area contributed by atoms with Gasteiger partial charge in [-0.2, -0.15) is 0 Å². The Balaban J connectivity index is 1.76. The Morgan fingerprint density at radius 1 is 1.25 bits per heavy atom. The molecule has 2 amide bonds. The van der Waals surface area contributed by atoms with E-state index in [1.165, 1.54) is 0 Å². The minimum Gasteiger partial charge on any atom is -0.394 e. The van der Waals surface area contributed by atoms with E-state index < -0.39 is 16.1 Å². The second kappa shape index (κ2) is 10.8. The molecule has 1 aromatic rings. The Kier molecular flexibility index (Phi) is 8.68. The number of rotatable bonds is 9. The zero-order valence-corrected chi connectivity index (χ0v) is 17.2. The summed E-state index contributed by atoms with van der Waals surface area (Å²) in [6.45, 7) is 3.80. The summed E-state index contributed by atoms with van der Waals surface area (Å²) < 4.78 is 32.8. The van der Waals surface area contributed by atoms with Crippen molar-refractivity contribution in [2.24, 2.45) is 0 Å². The van der Waals surface area contributed by atoms with Crippen LogP contribution in [0.4, 0.5) is 4.79 Å². The highest BCUT2D eigenvalue weighted by atomic mass is 32.2. The molecule has 0 bridgehead atoms. The molecule has 0 unspecified atom stereocenters. The van der Waals surface area contributed by atoms with Gasteiger partial charge in [0.1, 0.15) is 6.10 Å². The van der Waals surface area contributed by atoms with Crippen LogP contribution in [0.5, 0.6) is 0 Å². The lowest BCUT2D eigenvalue weighted by Gasteiger charge is -2.36. The van der Waals surface area contributed by atoms with E-state index in [-0.39, 0.29) is 43.1 Å². The number of urea groups is 1. The lowest BCUT2D eigenvalue weighted by Crippen LogP contribution is -2.54. The lowest BCUT2D eigenvalue weighted by atomic mass is 9.97. The van der Waals surface area contributed by atoms with E-state index in [4.69, 9.17) is 4.74 Å². The van der Waals surface area contributed by atoms with Gasteiger partial charge in [0.15, 0.2) is 0 Å². The van der Waals surface area contributed by atoms with Crippen LogP contribution in [0.2, 0.25) is 0 Å². The number of amides is 2. The van der Waals surface area contributed by atoms with E-state index in [1.807, 2.05) is 32.0 Å². The number of hydrogen-bond acceptors (Lipinski definition) is 5. The van der Waals surface area contributed by atoms with E-state index in [9.17, 15) is 18.3 Å². The summed E-state index contributed by atoms with van der Waals surface area (Å²) in [4.78, 5) is 11.9. The molecule has 4 N–H and O–H groups in total. The molecular weight excluding hydrogens is 382 g/mol. The van der Waals surface area contributed by atoms with Gasteiger partial charge in [0, 0.05) is 12.6 Å². The summed E-state index contributed by atoms with van der Waals surface area (Å²) in [6, 6.07) is 8.48. The molecule has 1 aromatic carbocycles. The molecule has 9 heteroatoms. The number of nitrogens with one attached hydrogen (secondary N) is 3. The Morgan fingerprint density at radius 2 is 1.96 bits per heavy atom. The summed E-state index contributed by atoms with van der Waals surface area (Å²) in [5.74, 6) is -0.0599. The minimum absolute atomic E-state index is 0.0220. The fourth-order valence-electron chi connectivity index (χ4n) is 3.20. The molecule has 0 spiro atoms. The Morgan fingerprint density at radius 3 is 2.61 bits per heavy atom. The van der Waals surface area contributed by atoms with E-state index in [2.05, 4.69) is 15.4 Å². The topological polar surface area (TPSA) is 117 Å². The molecule has 2 rings (SSSR count). The first-order valence-corrected chi connectivity index (χ1v) is 11.3. The highest BCUT2D eigenvalue weighted by Gasteiger charge is 2.32. The summed E-state index contributed by atoms with van der Waals surface area (Å²) in [6.07, 6.45) is 1.19. The molecule has 158 valence electrons. The van der Waals surface area contributed by atoms with Gasteiger partial charge in [0.25, 0.3) is 0 Å². The highest BCUT2D eigenvalue weighted by molar-refractivity contribution is 7.88. The van der Waals surface area contributed by atoms with E-state index >= 15 is 0 Å². The maximum atomic E-state index is 12.2.